The number of hydrogen-bond acceptors (Lipinski definition) is 2. The molecule has 0 saturated carbocycles. The first-order chi connectivity index (χ1) is 5.26. The molecule has 0 amide bonds. The SMILES string of the molecule is CC=NC(=NCC)C(N)=NC. The summed E-state index contributed by atoms with van der Waals surface area (Å²) >= 11 is 0. The van der Waals surface area contributed by atoms with Crippen LogP contribution in [-0.4, -0.2) is 31.5 Å². The maximum atomic E-state index is 5.49. The normalized spacial score (nSPS) is 14.5. The average molecular weight is 154 g/mol. The van der Waals surface area contributed by atoms with E-state index in [0.717, 1.165) is 0 Å². The molecular formula is C7H14N4. The van der Waals surface area contributed by atoms with E-state index in [1.54, 1.807) is 13.3 Å². The van der Waals surface area contributed by atoms with Gasteiger partial charge in [0.25, 0.3) is 0 Å². The van der Waals surface area contributed by atoms with Gasteiger partial charge in [0.1, 0.15) is 0 Å². The maximum Gasteiger partial charge on any atom is 0.189 e. The van der Waals surface area contributed by atoms with Gasteiger partial charge < -0.3 is 5.73 Å². The van der Waals surface area contributed by atoms with Crippen LogP contribution >= 0.6 is 0 Å². The second kappa shape index (κ2) is 5.58. The molecule has 0 aromatic rings. The van der Waals surface area contributed by atoms with Crippen LogP contribution in [0.5, 0.6) is 0 Å². The summed E-state index contributed by atoms with van der Waals surface area (Å²) in [6.45, 7) is 4.41. The molecule has 0 aromatic heterocycles. The van der Waals surface area contributed by atoms with Crippen molar-refractivity contribution in [2.24, 2.45) is 20.7 Å². The largest absolute Gasteiger partial charge is 0.381 e. The van der Waals surface area contributed by atoms with Gasteiger partial charge in [-0.25, -0.2) is 4.99 Å². The van der Waals surface area contributed by atoms with Crippen LogP contribution in [0.2, 0.25) is 0 Å². The zero-order chi connectivity index (χ0) is 8.69. The van der Waals surface area contributed by atoms with Crippen LogP contribution < -0.4 is 5.73 Å². The molecule has 11 heavy (non-hydrogen) atoms. The zero-order valence-electron chi connectivity index (χ0n) is 7.20. The molecule has 4 nitrogen and oxygen atoms in total. The molecule has 0 aliphatic heterocycles. The molecule has 62 valence electrons. The van der Waals surface area contributed by atoms with E-state index >= 15 is 0 Å². The topological polar surface area (TPSA) is 63.1 Å². The van der Waals surface area contributed by atoms with Crippen molar-refractivity contribution in [1.82, 2.24) is 0 Å². The lowest BCUT2D eigenvalue weighted by molar-refractivity contribution is 1.13. The number of nitrogens with two attached hydrogens (primary N) is 1. The van der Waals surface area contributed by atoms with Gasteiger partial charge in [0.05, 0.1) is 0 Å². The van der Waals surface area contributed by atoms with E-state index in [9.17, 15) is 0 Å². The van der Waals surface area contributed by atoms with E-state index in [0.29, 0.717) is 18.2 Å². The van der Waals surface area contributed by atoms with E-state index in [1.807, 2.05) is 13.8 Å². The fourth-order valence-electron chi connectivity index (χ4n) is 0.560. The second-order valence-corrected chi connectivity index (χ2v) is 1.79. The zero-order valence-corrected chi connectivity index (χ0v) is 7.20. The van der Waals surface area contributed by atoms with Crippen molar-refractivity contribution < 1.29 is 0 Å². The number of aliphatic imine (C=N–C) groups is 3. The lowest BCUT2D eigenvalue weighted by atomic mass is 10.5. The van der Waals surface area contributed by atoms with Gasteiger partial charge in [-0.05, 0) is 13.8 Å². The monoisotopic (exact) mass is 154 g/mol. The number of amidine groups is 2. The Kier molecular flexibility index (Phi) is 4.98. The van der Waals surface area contributed by atoms with Crippen molar-refractivity contribution in [1.29, 1.82) is 0 Å². The molecule has 4 heteroatoms. The predicted octanol–water partition coefficient (Wildman–Crippen LogP) is 0.483. The Hall–Kier alpha value is -1.19. The highest BCUT2D eigenvalue weighted by Crippen LogP contribution is 1.82. The van der Waals surface area contributed by atoms with Gasteiger partial charge in [0, 0.05) is 19.8 Å². The molecule has 0 fully saturated rings. The third-order valence-corrected chi connectivity index (χ3v) is 1.03. The first-order valence-corrected chi connectivity index (χ1v) is 3.52. The highest BCUT2D eigenvalue weighted by Gasteiger charge is 1.97. The van der Waals surface area contributed by atoms with E-state index in [1.165, 1.54) is 0 Å². The average Bonchev–Trinajstić information content (AvgIpc) is 2.03. The van der Waals surface area contributed by atoms with Gasteiger partial charge in [-0.3, -0.25) is 9.98 Å². The first kappa shape index (κ1) is 9.81. The molecule has 0 heterocycles. The highest BCUT2D eigenvalue weighted by molar-refractivity contribution is 6.41. The molecule has 0 saturated heterocycles. The molecule has 0 aliphatic rings. The molecule has 0 rings (SSSR count). The summed E-state index contributed by atoms with van der Waals surface area (Å²) < 4.78 is 0. The van der Waals surface area contributed by atoms with Crippen LogP contribution in [-0.2, 0) is 0 Å². The van der Waals surface area contributed by atoms with Crippen LogP contribution in [0.4, 0.5) is 0 Å². The summed E-state index contributed by atoms with van der Waals surface area (Å²) in [5, 5.41) is 0. The lowest BCUT2D eigenvalue weighted by Gasteiger charge is -1.96. The minimum absolute atomic E-state index is 0.380. The first-order valence-electron chi connectivity index (χ1n) is 3.52. The van der Waals surface area contributed by atoms with Crippen molar-refractivity contribution >= 4 is 17.9 Å². The number of rotatable bonds is 1. The third kappa shape index (κ3) is 3.50. The van der Waals surface area contributed by atoms with Crippen LogP contribution in [0.3, 0.4) is 0 Å². The molecule has 0 atom stereocenters. The van der Waals surface area contributed by atoms with Crippen molar-refractivity contribution in [3.05, 3.63) is 0 Å². The summed E-state index contributed by atoms with van der Waals surface area (Å²) in [6.07, 6.45) is 1.65. The molecule has 0 aliphatic carbocycles. The molecule has 0 bridgehead atoms. The smallest absolute Gasteiger partial charge is 0.189 e. The van der Waals surface area contributed by atoms with Crippen LogP contribution in [0.25, 0.3) is 0 Å². The molecular weight excluding hydrogens is 140 g/mol. The quantitative estimate of drug-likeness (QED) is 0.433. The van der Waals surface area contributed by atoms with Crippen molar-refractivity contribution in [2.45, 2.75) is 13.8 Å². The Morgan fingerprint density at radius 1 is 1.55 bits per heavy atom. The van der Waals surface area contributed by atoms with Gasteiger partial charge in [0.15, 0.2) is 11.7 Å². The summed E-state index contributed by atoms with van der Waals surface area (Å²) in [4.78, 5) is 11.8. The number of nitrogens with zero attached hydrogens (tertiary/aromatic N) is 3. The molecule has 0 unspecified atom stereocenters. The van der Waals surface area contributed by atoms with Crippen LogP contribution in [0.15, 0.2) is 15.0 Å². The summed E-state index contributed by atoms with van der Waals surface area (Å²) in [7, 11) is 1.62. The summed E-state index contributed by atoms with van der Waals surface area (Å²) in [5.41, 5.74) is 5.49. The molecule has 0 aromatic carbocycles. The van der Waals surface area contributed by atoms with E-state index in [2.05, 4.69) is 15.0 Å². The van der Waals surface area contributed by atoms with Gasteiger partial charge in [0.2, 0.25) is 0 Å². The van der Waals surface area contributed by atoms with Gasteiger partial charge in [-0.15, -0.1) is 0 Å². The van der Waals surface area contributed by atoms with E-state index in [4.69, 9.17) is 5.73 Å². The predicted molar refractivity (Wildman–Crippen MR) is 49.7 cm³/mol. The van der Waals surface area contributed by atoms with Crippen molar-refractivity contribution in [3.8, 4) is 0 Å². The molecule has 0 spiro atoms. The van der Waals surface area contributed by atoms with Crippen LogP contribution in [0.1, 0.15) is 13.8 Å². The Bertz CT molecular complexity index is 191. The lowest BCUT2D eigenvalue weighted by Crippen LogP contribution is -2.22. The Balaban J connectivity index is 4.47. The van der Waals surface area contributed by atoms with Gasteiger partial charge >= 0.3 is 0 Å². The Labute approximate surface area is 67.0 Å². The van der Waals surface area contributed by atoms with Crippen molar-refractivity contribution in [3.63, 3.8) is 0 Å². The summed E-state index contributed by atoms with van der Waals surface area (Å²) in [6, 6.07) is 0. The summed E-state index contributed by atoms with van der Waals surface area (Å²) in [5.74, 6) is 0.891. The van der Waals surface area contributed by atoms with Crippen LogP contribution in [0, 0.1) is 0 Å². The van der Waals surface area contributed by atoms with Crippen molar-refractivity contribution in [2.75, 3.05) is 13.6 Å². The fourth-order valence-corrected chi connectivity index (χ4v) is 0.560. The molecule has 2 N–H and O–H groups in total. The number of hydrogen-bond donors (Lipinski definition) is 1. The Morgan fingerprint density at radius 2 is 2.18 bits per heavy atom. The minimum atomic E-state index is 0.380. The highest BCUT2D eigenvalue weighted by atomic mass is 15.0. The minimum Gasteiger partial charge on any atom is -0.381 e. The standard InChI is InChI=1S/C7H14N4/c1-4-10-7(11-5-2)6(8)9-3/h4H,5H2,1-3H3,(H2,8,9). The third-order valence-electron chi connectivity index (χ3n) is 1.03. The molecule has 0 radical (unpaired) electrons. The fraction of sp³-hybridized carbons (Fsp3) is 0.571. The Morgan fingerprint density at radius 3 is 2.55 bits per heavy atom. The van der Waals surface area contributed by atoms with Gasteiger partial charge in [-0.2, -0.15) is 0 Å². The van der Waals surface area contributed by atoms with E-state index in [-0.39, 0.29) is 0 Å². The van der Waals surface area contributed by atoms with Gasteiger partial charge in [-0.1, -0.05) is 0 Å². The second-order valence-electron chi connectivity index (χ2n) is 1.79. The maximum absolute atomic E-state index is 5.49. The van der Waals surface area contributed by atoms with E-state index < -0.39 is 0 Å².